The molecule has 0 rings (SSSR count). The molecule has 0 unspecified atom stereocenters. The lowest BCUT2D eigenvalue weighted by molar-refractivity contribution is -0.171. The number of terminal acetylenes is 1. The molecule has 4 nitrogen and oxygen atoms in total. The molecule has 0 fully saturated rings. The van der Waals surface area contributed by atoms with Gasteiger partial charge < -0.3 is 9.47 Å². The van der Waals surface area contributed by atoms with Crippen LogP contribution in [-0.4, -0.2) is 25.2 Å². The second-order valence-electron chi connectivity index (χ2n) is 4.25. The quantitative estimate of drug-likeness (QED) is 0.296. The fourth-order valence-electron chi connectivity index (χ4n) is 1.67. The van der Waals surface area contributed by atoms with Crippen LogP contribution in [0.25, 0.3) is 0 Å². The lowest BCUT2D eigenvalue weighted by atomic mass is 9.80. The van der Waals surface area contributed by atoms with Crippen LogP contribution in [0.1, 0.15) is 33.6 Å². The Bertz CT molecular complexity index is 408. The second-order valence-corrected chi connectivity index (χ2v) is 4.25. The molecule has 0 amide bonds. The zero-order valence-corrected chi connectivity index (χ0v) is 12.4. The van der Waals surface area contributed by atoms with Crippen LogP contribution in [0.3, 0.4) is 0 Å². The molecule has 110 valence electrons. The van der Waals surface area contributed by atoms with Gasteiger partial charge in [0, 0.05) is 0 Å². The molecule has 0 N–H and O–H groups in total. The van der Waals surface area contributed by atoms with Crippen molar-refractivity contribution in [2.24, 2.45) is 5.41 Å². The topological polar surface area (TPSA) is 52.6 Å². The Kier molecular flexibility index (Phi) is 8.07. The first kappa shape index (κ1) is 18.0. The summed E-state index contributed by atoms with van der Waals surface area (Å²) in [5.74, 6) is 1.23. The van der Waals surface area contributed by atoms with Gasteiger partial charge >= 0.3 is 11.9 Å². The summed E-state index contributed by atoms with van der Waals surface area (Å²) in [5.41, 5.74) is -0.765. The van der Waals surface area contributed by atoms with E-state index in [2.05, 4.69) is 12.5 Å². The maximum absolute atomic E-state index is 12.2. The van der Waals surface area contributed by atoms with E-state index >= 15 is 0 Å². The van der Waals surface area contributed by atoms with Gasteiger partial charge in [0.15, 0.2) is 5.41 Å². The normalized spacial score (nSPS) is 11.4. The van der Waals surface area contributed by atoms with Crippen molar-refractivity contribution < 1.29 is 19.1 Å². The number of ether oxygens (including phenoxy) is 2. The average molecular weight is 278 g/mol. The molecule has 20 heavy (non-hydrogen) atoms. The van der Waals surface area contributed by atoms with Gasteiger partial charge in [0.25, 0.3) is 0 Å². The minimum Gasteiger partial charge on any atom is -0.465 e. The summed E-state index contributed by atoms with van der Waals surface area (Å²) in [6, 6.07) is 0. The Morgan fingerprint density at radius 2 is 1.70 bits per heavy atom. The summed E-state index contributed by atoms with van der Waals surface area (Å²) in [6.07, 6.45) is 8.71. The smallest absolute Gasteiger partial charge is 0.324 e. The number of carbonyl (C=O) groups excluding carboxylic acids is 2. The van der Waals surface area contributed by atoms with Gasteiger partial charge in [-0.2, -0.15) is 0 Å². The van der Waals surface area contributed by atoms with Crippen LogP contribution in [0.5, 0.6) is 0 Å². The van der Waals surface area contributed by atoms with E-state index in [0.717, 1.165) is 0 Å². The SMILES string of the molecule is C#C/C(C)=C/CC(CC=C)(C(=O)OCC)C(=O)OCC. The predicted octanol–water partition coefficient (Wildman–Crippen LogP) is 2.64. The Labute approximate surface area is 120 Å². The highest BCUT2D eigenvalue weighted by Gasteiger charge is 2.47. The number of hydrogen-bond acceptors (Lipinski definition) is 4. The van der Waals surface area contributed by atoms with Crippen LogP contribution in [0.4, 0.5) is 0 Å². The molecule has 0 saturated carbocycles. The zero-order chi connectivity index (χ0) is 15.6. The molecule has 4 heteroatoms. The highest BCUT2D eigenvalue weighted by atomic mass is 16.6. The molecule has 0 aromatic rings. The molecule has 0 heterocycles. The van der Waals surface area contributed by atoms with E-state index in [1.54, 1.807) is 26.8 Å². The lowest BCUT2D eigenvalue weighted by Crippen LogP contribution is -2.41. The van der Waals surface area contributed by atoms with E-state index in [9.17, 15) is 9.59 Å². The Morgan fingerprint density at radius 3 is 2.05 bits per heavy atom. The minimum atomic E-state index is -1.41. The molecule has 0 aliphatic heterocycles. The van der Waals surface area contributed by atoms with E-state index in [1.165, 1.54) is 6.08 Å². The molecule has 0 radical (unpaired) electrons. The molecule has 0 spiro atoms. The van der Waals surface area contributed by atoms with Crippen molar-refractivity contribution in [3.05, 3.63) is 24.3 Å². The number of esters is 2. The summed E-state index contributed by atoms with van der Waals surface area (Å²) in [6.45, 7) is 9.08. The van der Waals surface area contributed by atoms with Gasteiger partial charge in [-0.15, -0.1) is 13.0 Å². The predicted molar refractivity (Wildman–Crippen MR) is 77.7 cm³/mol. The van der Waals surface area contributed by atoms with E-state index in [4.69, 9.17) is 15.9 Å². The summed E-state index contributed by atoms with van der Waals surface area (Å²) < 4.78 is 10.0. The van der Waals surface area contributed by atoms with E-state index in [-0.39, 0.29) is 26.1 Å². The third kappa shape index (κ3) is 4.58. The Balaban J connectivity index is 5.55. The maximum atomic E-state index is 12.2. The highest BCUT2D eigenvalue weighted by Crippen LogP contribution is 2.32. The first-order valence-electron chi connectivity index (χ1n) is 6.57. The second kappa shape index (κ2) is 8.98. The Hall–Kier alpha value is -2.02. The fourth-order valence-corrected chi connectivity index (χ4v) is 1.67. The van der Waals surface area contributed by atoms with Crippen LogP contribution in [-0.2, 0) is 19.1 Å². The molecule has 0 atom stereocenters. The van der Waals surface area contributed by atoms with Crippen molar-refractivity contribution in [1.29, 1.82) is 0 Å². The van der Waals surface area contributed by atoms with Gasteiger partial charge in [-0.25, -0.2) is 0 Å². The van der Waals surface area contributed by atoms with E-state index in [1.807, 2.05) is 0 Å². The van der Waals surface area contributed by atoms with Gasteiger partial charge in [0.2, 0.25) is 0 Å². The lowest BCUT2D eigenvalue weighted by Gasteiger charge is -2.27. The molecule has 0 aromatic heterocycles. The third-order valence-electron chi connectivity index (χ3n) is 2.81. The molecular weight excluding hydrogens is 256 g/mol. The van der Waals surface area contributed by atoms with Crippen LogP contribution in [0.2, 0.25) is 0 Å². The van der Waals surface area contributed by atoms with Crippen LogP contribution >= 0.6 is 0 Å². The first-order valence-corrected chi connectivity index (χ1v) is 6.57. The van der Waals surface area contributed by atoms with Crippen molar-refractivity contribution in [2.75, 3.05) is 13.2 Å². The third-order valence-corrected chi connectivity index (χ3v) is 2.81. The largest absolute Gasteiger partial charge is 0.465 e. The monoisotopic (exact) mass is 278 g/mol. The standard InChI is InChI=1S/C16H22O4/c1-6-11-16(14(17)19-8-3,15(18)20-9-4)12-10-13(5)7-2/h2,6,10H,1,8-9,11-12H2,3-5H3/b13-10+. The average Bonchev–Trinajstić information content (AvgIpc) is 2.43. The van der Waals surface area contributed by atoms with Crippen molar-refractivity contribution in [3.8, 4) is 12.3 Å². The van der Waals surface area contributed by atoms with Crippen molar-refractivity contribution >= 4 is 11.9 Å². The van der Waals surface area contributed by atoms with Gasteiger partial charge in [-0.05, 0) is 39.2 Å². The van der Waals surface area contributed by atoms with Gasteiger partial charge in [-0.1, -0.05) is 18.1 Å². The van der Waals surface area contributed by atoms with E-state index in [0.29, 0.717) is 5.57 Å². The molecule has 0 aliphatic rings. The van der Waals surface area contributed by atoms with Crippen molar-refractivity contribution in [3.63, 3.8) is 0 Å². The summed E-state index contributed by atoms with van der Waals surface area (Å²) in [4.78, 5) is 24.4. The molecule has 0 bridgehead atoms. The van der Waals surface area contributed by atoms with Crippen LogP contribution < -0.4 is 0 Å². The summed E-state index contributed by atoms with van der Waals surface area (Å²) in [5, 5.41) is 0. The molecular formula is C16H22O4. The Morgan fingerprint density at radius 1 is 1.20 bits per heavy atom. The fraction of sp³-hybridized carbons (Fsp3) is 0.500. The first-order chi connectivity index (χ1) is 9.48. The minimum absolute atomic E-state index is 0.132. The van der Waals surface area contributed by atoms with Crippen molar-refractivity contribution in [2.45, 2.75) is 33.6 Å². The number of allylic oxidation sites excluding steroid dienone is 3. The molecule has 0 saturated heterocycles. The van der Waals surface area contributed by atoms with E-state index < -0.39 is 17.4 Å². The van der Waals surface area contributed by atoms with Crippen LogP contribution in [0, 0.1) is 17.8 Å². The van der Waals surface area contributed by atoms with Gasteiger partial charge in [0.1, 0.15) is 0 Å². The maximum Gasteiger partial charge on any atom is 0.324 e. The molecule has 0 aromatic carbocycles. The van der Waals surface area contributed by atoms with Crippen LogP contribution in [0.15, 0.2) is 24.3 Å². The van der Waals surface area contributed by atoms with Crippen molar-refractivity contribution in [1.82, 2.24) is 0 Å². The van der Waals surface area contributed by atoms with Gasteiger partial charge in [-0.3, -0.25) is 9.59 Å². The number of hydrogen-bond donors (Lipinski definition) is 0. The zero-order valence-electron chi connectivity index (χ0n) is 12.4. The number of rotatable bonds is 8. The summed E-state index contributed by atoms with van der Waals surface area (Å²) in [7, 11) is 0. The molecule has 0 aliphatic carbocycles. The summed E-state index contributed by atoms with van der Waals surface area (Å²) >= 11 is 0. The highest BCUT2D eigenvalue weighted by molar-refractivity contribution is 6.00. The number of carbonyl (C=O) groups is 2. The van der Waals surface area contributed by atoms with Gasteiger partial charge in [0.05, 0.1) is 13.2 Å².